The third kappa shape index (κ3) is 2.69. The largest absolute Gasteiger partial charge is 0.332 e. The molecule has 0 amide bonds. The summed E-state index contributed by atoms with van der Waals surface area (Å²) in [7, 11) is -4.07. The molecule has 1 aliphatic rings. The van der Waals surface area contributed by atoms with Crippen LogP contribution in [0.1, 0.15) is 72.6 Å². The van der Waals surface area contributed by atoms with Crippen molar-refractivity contribution in [2.45, 2.75) is 77.8 Å². The maximum Gasteiger partial charge on any atom is 0.332 e. The van der Waals surface area contributed by atoms with Crippen LogP contribution in [0.4, 0.5) is 0 Å². The average Bonchev–Trinajstić information content (AvgIpc) is 2.28. The van der Waals surface area contributed by atoms with Crippen molar-refractivity contribution in [2.75, 3.05) is 0 Å². The van der Waals surface area contributed by atoms with Crippen molar-refractivity contribution in [1.29, 1.82) is 0 Å². The fourth-order valence-electron chi connectivity index (χ4n) is 3.70. The summed E-state index contributed by atoms with van der Waals surface area (Å²) < 4.78 is 12.2. The molecule has 1 atom stereocenters. The lowest BCUT2D eigenvalue weighted by Crippen LogP contribution is -2.49. The van der Waals surface area contributed by atoms with Gasteiger partial charge in [0.25, 0.3) is 0 Å². The lowest BCUT2D eigenvalue weighted by Gasteiger charge is -2.52. The van der Waals surface area contributed by atoms with Crippen LogP contribution in [-0.4, -0.2) is 14.9 Å². The third-order valence-electron chi connectivity index (χ3n) is 5.39. The first-order valence-corrected chi connectivity index (χ1v) is 8.86. The van der Waals surface area contributed by atoms with Gasteiger partial charge in [-0.2, -0.15) is 0 Å². The molecule has 0 aromatic carbocycles. The molecule has 0 aromatic rings. The highest BCUT2D eigenvalue weighted by molar-refractivity contribution is 7.53. The van der Waals surface area contributed by atoms with Gasteiger partial charge in [-0.1, -0.05) is 59.8 Å². The molecule has 18 heavy (non-hydrogen) atoms. The first kappa shape index (κ1) is 16.2. The molecular formula is C14H29O3P. The van der Waals surface area contributed by atoms with Gasteiger partial charge in [0.2, 0.25) is 0 Å². The maximum absolute atomic E-state index is 12.2. The van der Waals surface area contributed by atoms with Gasteiger partial charge in [0.15, 0.2) is 0 Å². The Morgan fingerprint density at radius 3 is 2.11 bits per heavy atom. The normalized spacial score (nSPS) is 22.8. The predicted molar refractivity (Wildman–Crippen MR) is 75.7 cm³/mol. The van der Waals surface area contributed by atoms with Gasteiger partial charge in [-0.3, -0.25) is 4.57 Å². The predicted octanol–water partition coefficient (Wildman–Crippen LogP) is 4.33. The summed E-state index contributed by atoms with van der Waals surface area (Å²) in [6, 6.07) is 0. The molecule has 3 nitrogen and oxygen atoms in total. The zero-order valence-corrected chi connectivity index (χ0v) is 13.2. The van der Waals surface area contributed by atoms with Gasteiger partial charge in [0.1, 0.15) is 0 Å². The van der Waals surface area contributed by atoms with Crippen LogP contribution in [0.25, 0.3) is 0 Å². The van der Waals surface area contributed by atoms with Crippen LogP contribution in [0.2, 0.25) is 0 Å². The van der Waals surface area contributed by atoms with E-state index in [0.717, 1.165) is 32.1 Å². The Morgan fingerprint density at radius 2 is 1.72 bits per heavy atom. The van der Waals surface area contributed by atoms with Crippen molar-refractivity contribution in [3.63, 3.8) is 0 Å². The van der Waals surface area contributed by atoms with Gasteiger partial charge in [-0.25, -0.2) is 0 Å². The lowest BCUT2D eigenvalue weighted by atomic mass is 9.63. The van der Waals surface area contributed by atoms with E-state index in [1.807, 2.05) is 0 Å². The van der Waals surface area contributed by atoms with Crippen molar-refractivity contribution in [3.8, 4) is 0 Å². The van der Waals surface area contributed by atoms with E-state index in [2.05, 4.69) is 27.7 Å². The summed E-state index contributed by atoms with van der Waals surface area (Å²) in [4.78, 5) is 19.9. The van der Waals surface area contributed by atoms with Crippen LogP contribution >= 0.6 is 7.60 Å². The third-order valence-corrected chi connectivity index (χ3v) is 7.53. The molecule has 2 N–H and O–H groups in total. The molecule has 1 rings (SSSR count). The summed E-state index contributed by atoms with van der Waals surface area (Å²) in [5.74, 6) is 0.341. The van der Waals surface area contributed by atoms with Crippen molar-refractivity contribution in [2.24, 2.45) is 11.3 Å². The molecule has 0 spiro atoms. The van der Waals surface area contributed by atoms with E-state index in [9.17, 15) is 14.4 Å². The minimum atomic E-state index is -4.07. The summed E-state index contributed by atoms with van der Waals surface area (Å²) in [5.41, 5.74) is -0.303. The minimum Gasteiger partial charge on any atom is -0.324 e. The van der Waals surface area contributed by atoms with Crippen LogP contribution < -0.4 is 0 Å². The number of hydrogen-bond acceptors (Lipinski definition) is 1. The van der Waals surface area contributed by atoms with Crippen molar-refractivity contribution in [3.05, 3.63) is 0 Å². The monoisotopic (exact) mass is 276 g/mol. The fraction of sp³-hybridized carbons (Fsp3) is 1.00. The van der Waals surface area contributed by atoms with Gasteiger partial charge in [0, 0.05) is 0 Å². The van der Waals surface area contributed by atoms with Crippen molar-refractivity contribution >= 4 is 7.60 Å². The molecule has 1 saturated carbocycles. The average molecular weight is 276 g/mol. The van der Waals surface area contributed by atoms with E-state index in [1.165, 1.54) is 0 Å². The molecule has 4 heteroatoms. The van der Waals surface area contributed by atoms with Crippen LogP contribution in [0.5, 0.6) is 0 Å². The standard InChI is InChI=1S/C14H29O3P/c1-5-9-12(2)13(3,4)14(18(15,16)17)10-7-6-8-11-14/h12H,5-11H2,1-4H3,(H2,15,16,17). The SMILES string of the molecule is CCCC(C)C(C)(C)C1(P(=O)(O)O)CCCCC1. The summed E-state index contributed by atoms with van der Waals surface area (Å²) in [6.07, 6.45) is 6.48. The summed E-state index contributed by atoms with van der Waals surface area (Å²) in [5, 5.41) is -0.799. The molecule has 0 aliphatic heterocycles. The van der Waals surface area contributed by atoms with Crippen molar-refractivity contribution in [1.82, 2.24) is 0 Å². The summed E-state index contributed by atoms with van der Waals surface area (Å²) >= 11 is 0. The summed E-state index contributed by atoms with van der Waals surface area (Å²) in [6.45, 7) is 8.42. The molecule has 0 saturated heterocycles. The highest BCUT2D eigenvalue weighted by Gasteiger charge is 2.58. The minimum absolute atomic E-state index is 0.303. The van der Waals surface area contributed by atoms with Gasteiger partial charge in [-0.15, -0.1) is 0 Å². The van der Waals surface area contributed by atoms with Crippen LogP contribution in [0, 0.1) is 11.3 Å². The highest BCUT2D eigenvalue weighted by Crippen LogP contribution is 2.67. The Balaban J connectivity index is 3.13. The Labute approximate surface area is 112 Å². The van der Waals surface area contributed by atoms with Crippen molar-refractivity contribution < 1.29 is 14.4 Å². The maximum atomic E-state index is 12.2. The lowest BCUT2D eigenvalue weighted by molar-refractivity contribution is 0.0858. The molecule has 1 unspecified atom stereocenters. The number of hydrogen-bond donors (Lipinski definition) is 2. The first-order valence-electron chi connectivity index (χ1n) is 7.24. The molecule has 0 bridgehead atoms. The molecule has 1 aliphatic carbocycles. The Hall–Kier alpha value is 0.150. The fourth-order valence-corrected chi connectivity index (χ4v) is 5.57. The second-order valence-electron chi connectivity index (χ2n) is 6.55. The van der Waals surface area contributed by atoms with Gasteiger partial charge >= 0.3 is 7.60 Å². The molecule has 0 aromatic heterocycles. The first-order chi connectivity index (χ1) is 8.19. The zero-order chi connectivity index (χ0) is 14.0. The van der Waals surface area contributed by atoms with E-state index in [1.54, 1.807) is 0 Å². The van der Waals surface area contributed by atoms with Crippen LogP contribution in [0.3, 0.4) is 0 Å². The Kier molecular flexibility index (Phi) is 5.08. The van der Waals surface area contributed by atoms with E-state index in [0.29, 0.717) is 18.8 Å². The molecule has 108 valence electrons. The Morgan fingerprint density at radius 1 is 1.22 bits per heavy atom. The zero-order valence-electron chi connectivity index (χ0n) is 12.3. The second-order valence-corrected chi connectivity index (χ2v) is 8.49. The van der Waals surface area contributed by atoms with E-state index < -0.39 is 12.8 Å². The quantitative estimate of drug-likeness (QED) is 0.735. The number of rotatable bonds is 5. The molecule has 1 fully saturated rings. The molecule has 0 heterocycles. The molecule has 0 radical (unpaired) electrons. The Bertz CT molecular complexity index is 313. The second kappa shape index (κ2) is 5.64. The van der Waals surface area contributed by atoms with Crippen LogP contribution in [-0.2, 0) is 4.57 Å². The topological polar surface area (TPSA) is 57.5 Å². The highest BCUT2D eigenvalue weighted by atomic mass is 31.2. The van der Waals surface area contributed by atoms with Gasteiger partial charge < -0.3 is 9.79 Å². The van der Waals surface area contributed by atoms with E-state index >= 15 is 0 Å². The van der Waals surface area contributed by atoms with E-state index in [4.69, 9.17) is 0 Å². The smallest absolute Gasteiger partial charge is 0.324 e. The van der Waals surface area contributed by atoms with Gasteiger partial charge in [-0.05, 0) is 24.2 Å². The van der Waals surface area contributed by atoms with Crippen LogP contribution in [0.15, 0.2) is 0 Å². The molecular weight excluding hydrogens is 247 g/mol. The van der Waals surface area contributed by atoms with Gasteiger partial charge in [0.05, 0.1) is 5.16 Å². The van der Waals surface area contributed by atoms with E-state index in [-0.39, 0.29) is 5.41 Å².